The van der Waals surface area contributed by atoms with Gasteiger partial charge in [-0.05, 0) is 44.2 Å². The third-order valence-electron chi connectivity index (χ3n) is 5.44. The van der Waals surface area contributed by atoms with E-state index in [1.54, 1.807) is 13.3 Å². The average Bonchev–Trinajstić information content (AvgIpc) is 2.98. The zero-order valence-electron chi connectivity index (χ0n) is 16.6. The predicted octanol–water partition coefficient (Wildman–Crippen LogP) is 0.866. The second-order valence-electron chi connectivity index (χ2n) is 7.25. The van der Waals surface area contributed by atoms with Crippen LogP contribution in [0.25, 0.3) is 0 Å². The van der Waals surface area contributed by atoms with Crippen LogP contribution in [0.15, 0.2) is 23.3 Å². The summed E-state index contributed by atoms with van der Waals surface area (Å²) in [7, 11) is 1.59. The number of methoxy groups -OCH3 is 1. The third kappa shape index (κ3) is 4.18. The Kier molecular flexibility index (Phi) is 6.01. The number of aromatic nitrogens is 1. The molecule has 2 aliphatic heterocycles. The van der Waals surface area contributed by atoms with Crippen LogP contribution in [0, 0.1) is 5.92 Å². The van der Waals surface area contributed by atoms with Crippen molar-refractivity contribution in [2.75, 3.05) is 26.7 Å². The Balaban J connectivity index is 1.64. The van der Waals surface area contributed by atoms with E-state index in [1.807, 2.05) is 26.0 Å². The zero-order chi connectivity index (χ0) is 20.1. The Morgan fingerprint density at radius 2 is 2.18 bits per heavy atom. The second-order valence-corrected chi connectivity index (χ2v) is 7.25. The van der Waals surface area contributed by atoms with Crippen LogP contribution >= 0.6 is 0 Å². The number of carbonyl (C=O) groups excluding carboxylic acids is 2. The lowest BCUT2D eigenvalue weighted by Gasteiger charge is -2.39. The normalized spacial score (nSPS) is 23.4. The van der Waals surface area contributed by atoms with Crippen LogP contribution < -0.4 is 20.7 Å². The van der Waals surface area contributed by atoms with E-state index in [0.717, 1.165) is 44.0 Å². The Labute approximate surface area is 164 Å². The lowest BCUT2D eigenvalue weighted by atomic mass is 9.79. The van der Waals surface area contributed by atoms with Crippen LogP contribution in [-0.2, 0) is 11.3 Å². The van der Waals surface area contributed by atoms with Crippen molar-refractivity contribution in [2.45, 2.75) is 38.8 Å². The van der Waals surface area contributed by atoms with Gasteiger partial charge in [-0.2, -0.15) is 0 Å². The number of rotatable bonds is 5. The number of amides is 3. The Morgan fingerprint density at radius 3 is 2.79 bits per heavy atom. The summed E-state index contributed by atoms with van der Waals surface area (Å²) in [6, 6.07) is 3.39. The molecule has 9 nitrogen and oxygen atoms in total. The van der Waals surface area contributed by atoms with Gasteiger partial charge in [0.15, 0.2) is 5.96 Å². The molecule has 2 fully saturated rings. The van der Waals surface area contributed by atoms with Gasteiger partial charge < -0.3 is 20.3 Å². The van der Waals surface area contributed by atoms with Crippen molar-refractivity contribution in [3.05, 3.63) is 23.9 Å². The lowest BCUT2D eigenvalue weighted by molar-refractivity contribution is -0.125. The quantitative estimate of drug-likeness (QED) is 0.392. The zero-order valence-corrected chi connectivity index (χ0v) is 16.6. The van der Waals surface area contributed by atoms with Crippen molar-refractivity contribution < 1.29 is 14.3 Å². The summed E-state index contributed by atoms with van der Waals surface area (Å²) in [5.74, 6) is 1.29. The summed E-state index contributed by atoms with van der Waals surface area (Å²) < 4.78 is 5.16. The number of piperidine rings is 1. The van der Waals surface area contributed by atoms with Gasteiger partial charge in [-0.25, -0.2) is 14.8 Å². The van der Waals surface area contributed by atoms with Crippen LogP contribution in [-0.4, -0.2) is 60.1 Å². The molecule has 0 aromatic carbocycles. The number of guanidine groups is 1. The maximum absolute atomic E-state index is 12.2. The maximum atomic E-state index is 12.2. The van der Waals surface area contributed by atoms with Gasteiger partial charge in [0.2, 0.25) is 5.88 Å². The first-order valence-corrected chi connectivity index (χ1v) is 9.62. The molecule has 1 unspecified atom stereocenters. The van der Waals surface area contributed by atoms with Gasteiger partial charge in [0.05, 0.1) is 13.7 Å². The number of nitrogens with one attached hydrogen (secondary N) is 3. The van der Waals surface area contributed by atoms with E-state index in [4.69, 9.17) is 9.73 Å². The molecule has 1 aromatic heterocycles. The molecule has 0 radical (unpaired) electrons. The van der Waals surface area contributed by atoms with Crippen molar-refractivity contribution in [3.8, 4) is 5.88 Å². The molecular weight excluding hydrogens is 360 g/mol. The molecule has 3 rings (SSSR count). The Hall–Kier alpha value is -2.84. The lowest BCUT2D eigenvalue weighted by Crippen LogP contribution is -2.55. The van der Waals surface area contributed by atoms with Crippen molar-refractivity contribution in [1.29, 1.82) is 0 Å². The number of pyridine rings is 1. The number of carbonyl (C=O) groups is 2. The molecule has 152 valence electrons. The summed E-state index contributed by atoms with van der Waals surface area (Å²) in [5, 5.41) is 8.49. The Bertz CT molecular complexity index is 760. The minimum Gasteiger partial charge on any atom is -0.481 e. The fraction of sp³-hybridized carbons (Fsp3) is 0.579. The van der Waals surface area contributed by atoms with Gasteiger partial charge in [-0.3, -0.25) is 10.1 Å². The van der Waals surface area contributed by atoms with E-state index >= 15 is 0 Å². The Morgan fingerprint density at radius 1 is 1.43 bits per heavy atom. The number of imide groups is 1. The fourth-order valence-electron chi connectivity index (χ4n) is 3.77. The molecule has 3 N–H and O–H groups in total. The minimum atomic E-state index is -0.827. The van der Waals surface area contributed by atoms with Gasteiger partial charge in [0.25, 0.3) is 5.91 Å². The van der Waals surface area contributed by atoms with Gasteiger partial charge in [-0.15, -0.1) is 0 Å². The van der Waals surface area contributed by atoms with Crippen molar-refractivity contribution in [1.82, 2.24) is 25.8 Å². The standard InChI is InChI=1S/C19H28N6O3/c1-4-20-17(22-12-13-5-8-21-15(11-13)28-3)25-9-6-14(7-10-25)19(2)16(26)23-18(27)24-19/h5,8,11,14H,4,6-7,9-10,12H2,1-3H3,(H,20,22)(H2,23,24,26,27). The molecule has 3 amide bonds. The first-order chi connectivity index (χ1) is 13.5. The van der Waals surface area contributed by atoms with Crippen molar-refractivity contribution in [3.63, 3.8) is 0 Å². The van der Waals surface area contributed by atoms with Gasteiger partial charge in [0.1, 0.15) is 5.54 Å². The van der Waals surface area contributed by atoms with Crippen LogP contribution in [0.1, 0.15) is 32.3 Å². The smallest absolute Gasteiger partial charge is 0.322 e. The number of hydrogen-bond acceptors (Lipinski definition) is 5. The monoisotopic (exact) mass is 388 g/mol. The molecule has 3 heterocycles. The highest BCUT2D eigenvalue weighted by atomic mass is 16.5. The summed E-state index contributed by atoms with van der Waals surface area (Å²) in [6.07, 6.45) is 3.32. The SMILES string of the molecule is CCNC(=NCc1ccnc(OC)c1)N1CCC(C2(C)NC(=O)NC2=O)CC1. The highest BCUT2D eigenvalue weighted by molar-refractivity contribution is 6.07. The van der Waals surface area contributed by atoms with Crippen LogP contribution in [0.4, 0.5) is 4.79 Å². The van der Waals surface area contributed by atoms with E-state index in [9.17, 15) is 9.59 Å². The molecule has 0 aliphatic carbocycles. The van der Waals surface area contributed by atoms with Gasteiger partial charge in [-0.1, -0.05) is 0 Å². The topological polar surface area (TPSA) is 108 Å². The molecule has 2 aliphatic rings. The van der Waals surface area contributed by atoms with Crippen LogP contribution in [0.2, 0.25) is 0 Å². The summed E-state index contributed by atoms with van der Waals surface area (Å²) in [6.45, 7) is 6.69. The summed E-state index contributed by atoms with van der Waals surface area (Å²) in [5.41, 5.74) is 0.196. The van der Waals surface area contributed by atoms with Crippen molar-refractivity contribution in [2.24, 2.45) is 10.9 Å². The number of aliphatic imine (C=N–C) groups is 1. The van der Waals surface area contributed by atoms with E-state index in [-0.39, 0.29) is 11.8 Å². The second kappa shape index (κ2) is 8.45. The molecule has 1 aromatic rings. The number of urea groups is 1. The molecular formula is C19H28N6O3. The first kappa shape index (κ1) is 19.9. The number of ether oxygens (including phenoxy) is 1. The van der Waals surface area contributed by atoms with E-state index < -0.39 is 11.6 Å². The minimum absolute atomic E-state index is 0.0996. The van der Waals surface area contributed by atoms with Crippen LogP contribution in [0.5, 0.6) is 5.88 Å². The van der Waals surface area contributed by atoms with Crippen molar-refractivity contribution >= 4 is 17.9 Å². The number of likely N-dealkylation sites (tertiary alicyclic amines) is 1. The van der Waals surface area contributed by atoms with Crippen LogP contribution in [0.3, 0.4) is 0 Å². The van der Waals surface area contributed by atoms with E-state index in [0.29, 0.717) is 12.4 Å². The number of nitrogens with zero attached hydrogens (tertiary/aromatic N) is 3. The predicted molar refractivity (Wildman–Crippen MR) is 105 cm³/mol. The molecule has 9 heteroatoms. The van der Waals surface area contributed by atoms with E-state index in [2.05, 4.69) is 25.8 Å². The third-order valence-corrected chi connectivity index (χ3v) is 5.44. The highest BCUT2D eigenvalue weighted by Gasteiger charge is 2.48. The summed E-state index contributed by atoms with van der Waals surface area (Å²) >= 11 is 0. The highest BCUT2D eigenvalue weighted by Crippen LogP contribution is 2.30. The van der Waals surface area contributed by atoms with E-state index in [1.165, 1.54) is 0 Å². The number of hydrogen-bond donors (Lipinski definition) is 3. The average molecular weight is 388 g/mol. The summed E-state index contributed by atoms with van der Waals surface area (Å²) in [4.78, 5) is 34.8. The first-order valence-electron chi connectivity index (χ1n) is 9.62. The molecule has 0 spiro atoms. The molecule has 1 atom stereocenters. The van der Waals surface area contributed by atoms with Gasteiger partial charge in [0, 0.05) is 31.9 Å². The largest absolute Gasteiger partial charge is 0.481 e. The van der Waals surface area contributed by atoms with Gasteiger partial charge >= 0.3 is 6.03 Å². The molecule has 0 saturated carbocycles. The fourth-order valence-corrected chi connectivity index (χ4v) is 3.77. The molecule has 2 saturated heterocycles. The maximum Gasteiger partial charge on any atom is 0.322 e. The molecule has 28 heavy (non-hydrogen) atoms. The molecule has 0 bridgehead atoms.